The highest BCUT2D eigenvalue weighted by molar-refractivity contribution is 5.73. The molecule has 0 spiro atoms. The number of piperazine rings is 1. The monoisotopic (exact) mass is 239 g/mol. The van der Waals surface area contributed by atoms with Crippen molar-refractivity contribution >= 4 is 5.91 Å². The SMILES string of the molecule is CC(=O)N1CCCC(N2CCN(C)CC2)CC1. The highest BCUT2D eigenvalue weighted by Gasteiger charge is 2.25. The van der Waals surface area contributed by atoms with Crippen molar-refractivity contribution in [2.75, 3.05) is 46.3 Å². The fraction of sp³-hybridized carbons (Fsp3) is 0.923. The number of hydrogen-bond donors (Lipinski definition) is 0. The van der Waals surface area contributed by atoms with Gasteiger partial charge in [-0.2, -0.15) is 0 Å². The largest absolute Gasteiger partial charge is 0.343 e. The van der Waals surface area contributed by atoms with Crippen LogP contribution in [0, 0.1) is 0 Å². The first-order valence-corrected chi connectivity index (χ1v) is 6.85. The third-order valence-electron chi connectivity index (χ3n) is 4.20. The summed E-state index contributed by atoms with van der Waals surface area (Å²) in [4.78, 5) is 18.4. The minimum absolute atomic E-state index is 0.240. The van der Waals surface area contributed by atoms with E-state index in [-0.39, 0.29) is 5.91 Å². The van der Waals surface area contributed by atoms with Gasteiger partial charge in [0.2, 0.25) is 5.91 Å². The van der Waals surface area contributed by atoms with Crippen LogP contribution in [0.3, 0.4) is 0 Å². The molecule has 0 aliphatic carbocycles. The van der Waals surface area contributed by atoms with Crippen LogP contribution >= 0.6 is 0 Å². The van der Waals surface area contributed by atoms with E-state index in [0.29, 0.717) is 6.04 Å². The Balaban J connectivity index is 1.84. The van der Waals surface area contributed by atoms with Crippen LogP contribution in [0.1, 0.15) is 26.2 Å². The van der Waals surface area contributed by atoms with E-state index in [2.05, 4.69) is 16.8 Å². The normalized spacial score (nSPS) is 29.1. The van der Waals surface area contributed by atoms with Crippen molar-refractivity contribution in [2.45, 2.75) is 32.2 Å². The van der Waals surface area contributed by atoms with E-state index in [1.165, 1.54) is 32.6 Å². The van der Waals surface area contributed by atoms with Crippen LogP contribution in [0.4, 0.5) is 0 Å². The number of nitrogens with zero attached hydrogens (tertiary/aromatic N) is 3. The Morgan fingerprint density at radius 3 is 2.35 bits per heavy atom. The minimum atomic E-state index is 0.240. The summed E-state index contributed by atoms with van der Waals surface area (Å²) < 4.78 is 0. The van der Waals surface area contributed by atoms with Crippen LogP contribution in [-0.2, 0) is 4.79 Å². The molecule has 98 valence electrons. The summed E-state index contributed by atoms with van der Waals surface area (Å²) in [5.41, 5.74) is 0. The third-order valence-corrected chi connectivity index (χ3v) is 4.20. The fourth-order valence-electron chi connectivity index (χ4n) is 2.95. The van der Waals surface area contributed by atoms with E-state index < -0.39 is 0 Å². The van der Waals surface area contributed by atoms with E-state index in [0.717, 1.165) is 25.9 Å². The average Bonchev–Trinajstić information content (AvgIpc) is 2.55. The van der Waals surface area contributed by atoms with Crippen molar-refractivity contribution < 1.29 is 4.79 Å². The summed E-state index contributed by atoms with van der Waals surface area (Å²) in [5.74, 6) is 0.240. The molecule has 1 atom stereocenters. The van der Waals surface area contributed by atoms with Crippen LogP contribution in [0.15, 0.2) is 0 Å². The second-order valence-electron chi connectivity index (χ2n) is 5.43. The summed E-state index contributed by atoms with van der Waals surface area (Å²) >= 11 is 0. The standard InChI is InChI=1S/C13H25N3O/c1-12(17)15-6-3-4-13(5-7-15)16-10-8-14(2)9-11-16/h13H,3-11H2,1-2H3. The first-order chi connectivity index (χ1) is 8.16. The average molecular weight is 239 g/mol. The number of rotatable bonds is 1. The van der Waals surface area contributed by atoms with Crippen molar-refractivity contribution in [3.8, 4) is 0 Å². The molecule has 2 rings (SSSR count). The molecule has 0 bridgehead atoms. The van der Waals surface area contributed by atoms with Crippen LogP contribution in [0.5, 0.6) is 0 Å². The van der Waals surface area contributed by atoms with E-state index >= 15 is 0 Å². The molecule has 2 fully saturated rings. The van der Waals surface area contributed by atoms with Gasteiger partial charge in [-0.3, -0.25) is 9.69 Å². The van der Waals surface area contributed by atoms with Crippen molar-refractivity contribution in [2.24, 2.45) is 0 Å². The summed E-state index contributed by atoms with van der Waals surface area (Å²) in [5, 5.41) is 0. The Labute approximate surface area is 105 Å². The lowest BCUT2D eigenvalue weighted by atomic mass is 10.1. The van der Waals surface area contributed by atoms with Crippen LogP contribution < -0.4 is 0 Å². The maximum Gasteiger partial charge on any atom is 0.219 e. The smallest absolute Gasteiger partial charge is 0.219 e. The topological polar surface area (TPSA) is 26.8 Å². The predicted molar refractivity (Wildman–Crippen MR) is 69.0 cm³/mol. The number of hydrogen-bond acceptors (Lipinski definition) is 3. The molecule has 0 aromatic rings. The molecular formula is C13H25N3O. The van der Waals surface area contributed by atoms with Gasteiger partial charge in [0.05, 0.1) is 0 Å². The first-order valence-electron chi connectivity index (χ1n) is 6.85. The quantitative estimate of drug-likeness (QED) is 0.672. The van der Waals surface area contributed by atoms with Crippen molar-refractivity contribution in [3.63, 3.8) is 0 Å². The molecule has 2 heterocycles. The van der Waals surface area contributed by atoms with Crippen molar-refractivity contribution in [3.05, 3.63) is 0 Å². The molecule has 0 N–H and O–H groups in total. The summed E-state index contributed by atoms with van der Waals surface area (Å²) in [6.07, 6.45) is 3.58. The lowest BCUT2D eigenvalue weighted by Gasteiger charge is -2.37. The Morgan fingerprint density at radius 2 is 1.71 bits per heavy atom. The molecule has 1 amide bonds. The molecule has 1 unspecified atom stereocenters. The van der Waals surface area contributed by atoms with Gasteiger partial charge in [-0.15, -0.1) is 0 Å². The number of likely N-dealkylation sites (N-methyl/N-ethyl adjacent to an activating group) is 1. The molecule has 0 saturated carbocycles. The van der Waals surface area contributed by atoms with E-state index in [4.69, 9.17) is 0 Å². The van der Waals surface area contributed by atoms with Gasteiger partial charge in [-0.1, -0.05) is 0 Å². The zero-order chi connectivity index (χ0) is 12.3. The lowest BCUT2D eigenvalue weighted by molar-refractivity contribution is -0.128. The van der Waals surface area contributed by atoms with Gasteiger partial charge in [0.25, 0.3) is 0 Å². The molecule has 4 heteroatoms. The van der Waals surface area contributed by atoms with Gasteiger partial charge in [0.15, 0.2) is 0 Å². The predicted octanol–water partition coefficient (Wildman–Crippen LogP) is 0.635. The van der Waals surface area contributed by atoms with Gasteiger partial charge in [-0.25, -0.2) is 0 Å². The molecule has 4 nitrogen and oxygen atoms in total. The van der Waals surface area contributed by atoms with E-state index in [9.17, 15) is 4.79 Å². The number of likely N-dealkylation sites (tertiary alicyclic amines) is 1. The number of carbonyl (C=O) groups is 1. The lowest BCUT2D eigenvalue weighted by Crippen LogP contribution is -2.49. The molecule has 0 aromatic heterocycles. The van der Waals surface area contributed by atoms with Gasteiger partial charge < -0.3 is 9.80 Å². The molecular weight excluding hydrogens is 214 g/mol. The van der Waals surface area contributed by atoms with Crippen molar-refractivity contribution in [1.29, 1.82) is 0 Å². The maximum absolute atomic E-state index is 11.4. The Hall–Kier alpha value is -0.610. The van der Waals surface area contributed by atoms with E-state index in [1.54, 1.807) is 6.92 Å². The molecule has 0 radical (unpaired) electrons. The zero-order valence-electron chi connectivity index (χ0n) is 11.2. The van der Waals surface area contributed by atoms with Crippen molar-refractivity contribution in [1.82, 2.24) is 14.7 Å². The Bertz CT molecular complexity index is 261. The minimum Gasteiger partial charge on any atom is -0.343 e. The summed E-state index contributed by atoms with van der Waals surface area (Å²) in [6.45, 7) is 8.37. The van der Waals surface area contributed by atoms with Crippen LogP contribution in [0.2, 0.25) is 0 Å². The second kappa shape index (κ2) is 5.83. The Kier molecular flexibility index (Phi) is 4.40. The van der Waals surface area contributed by atoms with Gasteiger partial charge in [0.1, 0.15) is 0 Å². The van der Waals surface area contributed by atoms with Crippen LogP contribution in [0.25, 0.3) is 0 Å². The molecule has 2 aliphatic heterocycles. The fourth-order valence-corrected chi connectivity index (χ4v) is 2.95. The molecule has 0 aromatic carbocycles. The summed E-state index contributed by atoms with van der Waals surface area (Å²) in [6, 6.07) is 0.702. The summed E-state index contributed by atoms with van der Waals surface area (Å²) in [7, 11) is 2.20. The number of amides is 1. The van der Waals surface area contributed by atoms with Crippen LogP contribution in [-0.4, -0.2) is 73.0 Å². The van der Waals surface area contributed by atoms with Gasteiger partial charge >= 0.3 is 0 Å². The van der Waals surface area contributed by atoms with Gasteiger partial charge in [-0.05, 0) is 26.3 Å². The third kappa shape index (κ3) is 3.42. The van der Waals surface area contributed by atoms with E-state index in [1.807, 2.05) is 4.90 Å². The molecule has 17 heavy (non-hydrogen) atoms. The maximum atomic E-state index is 11.4. The number of carbonyl (C=O) groups excluding carboxylic acids is 1. The Morgan fingerprint density at radius 1 is 1.00 bits per heavy atom. The highest BCUT2D eigenvalue weighted by atomic mass is 16.2. The first kappa shape index (κ1) is 12.8. The molecule has 2 aliphatic rings. The second-order valence-corrected chi connectivity index (χ2v) is 5.43. The highest BCUT2D eigenvalue weighted by Crippen LogP contribution is 2.18. The molecule has 2 saturated heterocycles. The van der Waals surface area contributed by atoms with Gasteiger partial charge in [0, 0.05) is 52.2 Å². The zero-order valence-corrected chi connectivity index (χ0v) is 11.2.